The monoisotopic (exact) mass is 407 g/mol. The van der Waals surface area contributed by atoms with Gasteiger partial charge in [0, 0.05) is 31.5 Å². The molecule has 4 rings (SSSR count). The van der Waals surface area contributed by atoms with Crippen LogP contribution < -0.4 is 11.1 Å². The number of anilines is 1. The zero-order valence-electron chi connectivity index (χ0n) is 17.6. The number of carbonyl (C=O) groups is 2. The van der Waals surface area contributed by atoms with Gasteiger partial charge in [-0.1, -0.05) is 50.2 Å². The van der Waals surface area contributed by atoms with Crippen LogP contribution in [0, 0.1) is 0 Å². The van der Waals surface area contributed by atoms with Gasteiger partial charge in [-0.3, -0.25) is 9.59 Å². The molecule has 1 fully saturated rings. The molecular formula is C24H29N3O3. The minimum Gasteiger partial charge on any atom is -0.398 e. The summed E-state index contributed by atoms with van der Waals surface area (Å²) in [5, 5.41) is 3.03. The Morgan fingerprint density at radius 3 is 2.53 bits per heavy atom. The molecule has 0 aromatic heterocycles. The molecule has 0 saturated carbocycles. The van der Waals surface area contributed by atoms with Gasteiger partial charge in [0.2, 0.25) is 5.91 Å². The highest BCUT2D eigenvalue weighted by Gasteiger charge is 2.45. The van der Waals surface area contributed by atoms with E-state index >= 15 is 0 Å². The second kappa shape index (κ2) is 8.48. The van der Waals surface area contributed by atoms with Crippen molar-refractivity contribution in [3.63, 3.8) is 0 Å². The lowest BCUT2D eigenvalue weighted by Gasteiger charge is -2.35. The largest absolute Gasteiger partial charge is 0.398 e. The van der Waals surface area contributed by atoms with E-state index in [1.54, 1.807) is 17.0 Å². The molecule has 2 amide bonds. The molecule has 1 atom stereocenters. The molecule has 2 aromatic carbocycles. The molecule has 6 nitrogen and oxygen atoms in total. The number of nitrogens with one attached hydrogen (secondary N) is 1. The van der Waals surface area contributed by atoms with Crippen LogP contribution in [0.2, 0.25) is 0 Å². The van der Waals surface area contributed by atoms with Crippen molar-refractivity contribution in [3.8, 4) is 0 Å². The van der Waals surface area contributed by atoms with Crippen LogP contribution in [0.3, 0.4) is 0 Å². The Balaban J connectivity index is 1.56. The molecule has 3 N–H and O–H groups in total. The third kappa shape index (κ3) is 3.79. The first-order valence-corrected chi connectivity index (χ1v) is 10.6. The number of benzene rings is 2. The number of nitrogen functional groups attached to an aromatic ring is 1. The molecule has 1 saturated heterocycles. The summed E-state index contributed by atoms with van der Waals surface area (Å²) in [6.07, 6.45) is 1.44. The SMILES string of the molecule is CC(C)c1ccc(CNC(=O)C2c3cccc(N)c3C(=O)N2C2CCOCC2)cc1. The van der Waals surface area contributed by atoms with Crippen LogP contribution in [0.1, 0.15) is 65.7 Å². The van der Waals surface area contributed by atoms with Gasteiger partial charge in [-0.2, -0.15) is 0 Å². The maximum absolute atomic E-state index is 13.3. The zero-order valence-corrected chi connectivity index (χ0v) is 17.6. The summed E-state index contributed by atoms with van der Waals surface area (Å²) in [7, 11) is 0. The van der Waals surface area contributed by atoms with Crippen LogP contribution in [0.4, 0.5) is 5.69 Å². The normalized spacial score (nSPS) is 19.2. The molecule has 2 aromatic rings. The number of hydrogen-bond acceptors (Lipinski definition) is 4. The summed E-state index contributed by atoms with van der Waals surface area (Å²) in [5.41, 5.74) is 9.99. The Kier molecular flexibility index (Phi) is 5.77. The van der Waals surface area contributed by atoms with Crippen molar-refractivity contribution in [1.82, 2.24) is 10.2 Å². The molecule has 0 radical (unpaired) electrons. The van der Waals surface area contributed by atoms with Crippen molar-refractivity contribution < 1.29 is 14.3 Å². The van der Waals surface area contributed by atoms with E-state index in [1.165, 1.54) is 5.56 Å². The summed E-state index contributed by atoms with van der Waals surface area (Å²) < 4.78 is 5.46. The molecule has 2 aliphatic heterocycles. The van der Waals surface area contributed by atoms with Gasteiger partial charge in [0.1, 0.15) is 6.04 Å². The number of carbonyl (C=O) groups excluding carboxylic acids is 2. The van der Waals surface area contributed by atoms with Gasteiger partial charge in [0.25, 0.3) is 5.91 Å². The van der Waals surface area contributed by atoms with Crippen LogP contribution in [0.5, 0.6) is 0 Å². The highest BCUT2D eigenvalue weighted by Crippen LogP contribution is 2.40. The van der Waals surface area contributed by atoms with E-state index in [-0.39, 0.29) is 17.9 Å². The van der Waals surface area contributed by atoms with Crippen molar-refractivity contribution in [1.29, 1.82) is 0 Å². The van der Waals surface area contributed by atoms with E-state index < -0.39 is 6.04 Å². The van der Waals surface area contributed by atoms with Crippen LogP contribution in [-0.4, -0.2) is 36.0 Å². The van der Waals surface area contributed by atoms with Gasteiger partial charge in [0.15, 0.2) is 0 Å². The highest BCUT2D eigenvalue weighted by molar-refractivity contribution is 6.08. The first-order valence-electron chi connectivity index (χ1n) is 10.6. The molecule has 1 unspecified atom stereocenters. The van der Waals surface area contributed by atoms with Crippen LogP contribution in [-0.2, 0) is 16.1 Å². The maximum Gasteiger partial charge on any atom is 0.257 e. The van der Waals surface area contributed by atoms with E-state index in [1.807, 2.05) is 18.2 Å². The average Bonchev–Trinajstić information content (AvgIpc) is 3.06. The third-order valence-electron chi connectivity index (χ3n) is 6.10. The predicted octanol–water partition coefficient (Wildman–Crippen LogP) is 3.38. The Labute approximate surface area is 177 Å². The smallest absolute Gasteiger partial charge is 0.257 e. The number of ether oxygens (including phenoxy) is 1. The third-order valence-corrected chi connectivity index (χ3v) is 6.10. The molecule has 0 bridgehead atoms. The van der Waals surface area contributed by atoms with Crippen molar-refractivity contribution in [2.45, 2.75) is 51.2 Å². The minimum absolute atomic E-state index is 0.0286. The highest BCUT2D eigenvalue weighted by atomic mass is 16.5. The van der Waals surface area contributed by atoms with Crippen molar-refractivity contribution in [2.24, 2.45) is 0 Å². The van der Waals surface area contributed by atoms with Crippen molar-refractivity contribution in [2.75, 3.05) is 18.9 Å². The summed E-state index contributed by atoms with van der Waals surface area (Å²) in [4.78, 5) is 28.2. The van der Waals surface area contributed by atoms with Crippen LogP contribution in [0.15, 0.2) is 42.5 Å². The number of rotatable bonds is 5. The Morgan fingerprint density at radius 1 is 1.17 bits per heavy atom. The van der Waals surface area contributed by atoms with E-state index in [2.05, 4.69) is 31.3 Å². The second-order valence-electron chi connectivity index (χ2n) is 8.38. The Bertz CT molecular complexity index is 933. The fraction of sp³-hybridized carbons (Fsp3) is 0.417. The standard InChI is InChI=1S/C24H29N3O3/c1-15(2)17-8-6-16(7-9-17)14-26-23(28)22-19-4-3-5-20(25)21(19)24(29)27(22)18-10-12-30-13-11-18/h3-9,15,18,22H,10-14,25H2,1-2H3,(H,26,28). The fourth-order valence-electron chi connectivity index (χ4n) is 4.37. The van der Waals surface area contributed by atoms with Crippen LogP contribution in [0.25, 0.3) is 0 Å². The number of fused-ring (bicyclic) bond motifs is 1. The van der Waals surface area contributed by atoms with E-state index in [0.717, 1.165) is 18.4 Å². The van der Waals surface area contributed by atoms with Crippen LogP contribution >= 0.6 is 0 Å². The number of amides is 2. The lowest BCUT2D eigenvalue weighted by atomic mass is 10.0. The quantitative estimate of drug-likeness (QED) is 0.744. The van der Waals surface area contributed by atoms with Gasteiger partial charge in [-0.05, 0) is 41.5 Å². The molecule has 2 heterocycles. The molecular weight excluding hydrogens is 378 g/mol. The molecule has 2 aliphatic rings. The van der Waals surface area contributed by atoms with E-state index in [9.17, 15) is 9.59 Å². The van der Waals surface area contributed by atoms with E-state index in [0.29, 0.717) is 42.5 Å². The lowest BCUT2D eigenvalue weighted by molar-refractivity contribution is -0.127. The van der Waals surface area contributed by atoms with Gasteiger partial charge < -0.3 is 20.7 Å². The summed E-state index contributed by atoms with van der Waals surface area (Å²) in [6.45, 7) is 5.92. The van der Waals surface area contributed by atoms with E-state index in [4.69, 9.17) is 10.5 Å². The summed E-state index contributed by atoms with van der Waals surface area (Å²) in [6, 6.07) is 12.9. The maximum atomic E-state index is 13.3. The molecule has 30 heavy (non-hydrogen) atoms. The minimum atomic E-state index is -0.658. The van der Waals surface area contributed by atoms with Gasteiger partial charge >= 0.3 is 0 Å². The topological polar surface area (TPSA) is 84.7 Å². The molecule has 0 spiro atoms. The Hall–Kier alpha value is -2.86. The average molecular weight is 408 g/mol. The molecule has 6 heteroatoms. The summed E-state index contributed by atoms with van der Waals surface area (Å²) in [5.74, 6) is 0.136. The number of hydrogen-bond donors (Lipinski definition) is 2. The van der Waals surface area contributed by atoms with Gasteiger partial charge in [0.05, 0.1) is 5.56 Å². The van der Waals surface area contributed by atoms with Gasteiger partial charge in [-0.25, -0.2) is 0 Å². The predicted molar refractivity (Wildman–Crippen MR) is 116 cm³/mol. The number of nitrogens with zero attached hydrogens (tertiary/aromatic N) is 1. The molecule has 0 aliphatic carbocycles. The first-order chi connectivity index (χ1) is 14.5. The second-order valence-corrected chi connectivity index (χ2v) is 8.38. The first kappa shape index (κ1) is 20.4. The summed E-state index contributed by atoms with van der Waals surface area (Å²) >= 11 is 0. The fourth-order valence-corrected chi connectivity index (χ4v) is 4.37. The lowest BCUT2D eigenvalue weighted by Crippen LogP contribution is -2.46. The van der Waals surface area contributed by atoms with Gasteiger partial charge in [-0.15, -0.1) is 0 Å². The number of nitrogens with two attached hydrogens (primary N) is 1. The Morgan fingerprint density at radius 2 is 1.87 bits per heavy atom. The molecule has 158 valence electrons. The van der Waals surface area contributed by atoms with Crippen molar-refractivity contribution in [3.05, 3.63) is 64.7 Å². The zero-order chi connectivity index (χ0) is 21.3. The van der Waals surface area contributed by atoms with Crippen molar-refractivity contribution >= 4 is 17.5 Å².